The molecular formula is C46H79NO17. The van der Waals surface area contributed by atoms with Gasteiger partial charge in [0.2, 0.25) is 0 Å². The molecular weight excluding hydrogens is 838 g/mol. The van der Waals surface area contributed by atoms with Crippen LogP contribution in [0.4, 0.5) is 0 Å². The summed E-state index contributed by atoms with van der Waals surface area (Å²) in [6, 6.07) is -0.728. The molecule has 64 heavy (non-hydrogen) atoms. The van der Waals surface area contributed by atoms with Gasteiger partial charge in [-0.05, 0) is 80.0 Å². The number of esters is 1. The van der Waals surface area contributed by atoms with Crippen molar-refractivity contribution in [2.45, 2.75) is 191 Å². The third-order valence-electron chi connectivity index (χ3n) is 13.5. The molecule has 0 aromatic heterocycles. The van der Waals surface area contributed by atoms with Crippen molar-refractivity contribution < 1.29 is 82.9 Å². The first-order valence-corrected chi connectivity index (χ1v) is 22.8. The first kappa shape index (κ1) is 54.6. The number of aliphatic hydroxyl groups excluding tert-OH is 5. The molecule has 18 nitrogen and oxygen atoms in total. The minimum Gasteiger partial charge on any atom is -0.462 e. The van der Waals surface area contributed by atoms with E-state index < -0.39 is 140 Å². The summed E-state index contributed by atoms with van der Waals surface area (Å²) in [5, 5.41) is 66.2. The molecule has 3 saturated heterocycles. The van der Waals surface area contributed by atoms with E-state index in [9.17, 15) is 40.2 Å². The van der Waals surface area contributed by atoms with Crippen LogP contribution >= 0.6 is 0 Å². The molecule has 0 aliphatic carbocycles. The van der Waals surface area contributed by atoms with Gasteiger partial charge < -0.3 is 78.2 Å². The lowest BCUT2D eigenvalue weighted by Gasteiger charge is -2.50. The second-order valence-corrected chi connectivity index (χ2v) is 18.9. The van der Waals surface area contributed by atoms with E-state index in [1.54, 1.807) is 59.7 Å². The molecule has 1 unspecified atom stereocenters. The van der Waals surface area contributed by atoms with Crippen molar-refractivity contribution in [2.24, 2.45) is 23.7 Å². The predicted molar refractivity (Wildman–Crippen MR) is 231 cm³/mol. The Morgan fingerprint density at radius 1 is 0.844 bits per heavy atom. The third-order valence-corrected chi connectivity index (χ3v) is 13.5. The van der Waals surface area contributed by atoms with Gasteiger partial charge in [0.15, 0.2) is 24.7 Å². The summed E-state index contributed by atoms with van der Waals surface area (Å²) in [6.45, 7) is 13.5. The van der Waals surface area contributed by atoms with E-state index in [2.05, 4.69) is 0 Å². The van der Waals surface area contributed by atoms with Crippen molar-refractivity contribution in [3.05, 3.63) is 23.8 Å². The normalized spacial score (nSPS) is 46.0. The average molecular weight is 918 g/mol. The summed E-state index contributed by atoms with van der Waals surface area (Å²) in [7, 11) is 6.47. The molecule has 21 atom stereocenters. The largest absolute Gasteiger partial charge is 0.462 e. The lowest BCUT2D eigenvalue weighted by Crippen LogP contribution is -2.65. The standard InChI is InChI=1S/C46H79NO17/c1-13-33-30(22-58-45-42(57-12)41(56-11)37(52)26(5)60-45)18-23(2)14-15-31(49)24(3)19-29(16-17-48)39(25(4)32(50)20-34(51)62-33)64-44-38(53)36(47(9)10)40(27(6)61-44)63-35-21-46(8,55)43(54)28(7)59-35/h14-15,18,24-30,32-33,35-45,48,50,52-55H,13,16-17,19-22H2,1-12H3/b15-14+,23-18+/t24-,25+,26-,27-,28+,29+,30-,32-,33-,35+,36-,37-,38-,39?,40-,41-,42-,43+,44+,45-,46-/m1/s1. The summed E-state index contributed by atoms with van der Waals surface area (Å²) in [5.41, 5.74) is -0.782. The van der Waals surface area contributed by atoms with E-state index in [0.29, 0.717) is 12.0 Å². The van der Waals surface area contributed by atoms with Gasteiger partial charge in [-0.2, -0.15) is 0 Å². The maximum absolute atomic E-state index is 13.8. The van der Waals surface area contributed by atoms with E-state index >= 15 is 0 Å². The second kappa shape index (κ2) is 24.3. The lowest BCUT2D eigenvalue weighted by molar-refractivity contribution is -0.342. The SMILES string of the molecule is CC[C@H]1OC(=O)C[C@@H](O)[C@H](C)C(O[C@@H]2O[C@H](C)[C@@H](O[C@H]3C[C@@](C)(O)[C@@H](O)[C@H](C)O3)[C@H](N(C)C)[C@H]2O)[C@@H](CCO)C[C@@H](C)C(=O)/C=C/C(C)=C/[C@@H]1CO[C@@H]1O[C@H](C)[C@@H](O)[C@@H](OC)[C@H]1OC. The maximum Gasteiger partial charge on any atom is 0.308 e. The smallest absolute Gasteiger partial charge is 0.308 e. The van der Waals surface area contributed by atoms with Crippen molar-refractivity contribution in [3.8, 4) is 0 Å². The zero-order valence-corrected chi connectivity index (χ0v) is 39.9. The van der Waals surface area contributed by atoms with Crippen molar-refractivity contribution in [3.63, 3.8) is 0 Å². The van der Waals surface area contributed by atoms with Gasteiger partial charge in [-0.25, -0.2) is 0 Å². The van der Waals surface area contributed by atoms with Gasteiger partial charge in [0.25, 0.3) is 0 Å². The van der Waals surface area contributed by atoms with E-state index in [0.717, 1.165) is 0 Å². The molecule has 3 fully saturated rings. The molecule has 4 aliphatic rings. The van der Waals surface area contributed by atoms with Gasteiger partial charge in [-0.1, -0.05) is 38.5 Å². The fourth-order valence-electron chi connectivity index (χ4n) is 9.60. The van der Waals surface area contributed by atoms with Crippen LogP contribution in [0.25, 0.3) is 0 Å². The number of hydrogen-bond donors (Lipinski definition) is 6. The number of rotatable bonds is 13. The Hall–Kier alpha value is -1.98. The van der Waals surface area contributed by atoms with Crippen LogP contribution in [0.2, 0.25) is 0 Å². The van der Waals surface area contributed by atoms with Crippen LogP contribution in [0.3, 0.4) is 0 Å². The van der Waals surface area contributed by atoms with E-state index in [4.69, 9.17) is 42.6 Å². The van der Waals surface area contributed by atoms with Gasteiger partial charge in [0.05, 0.1) is 55.2 Å². The average Bonchev–Trinajstić information content (AvgIpc) is 3.23. The van der Waals surface area contributed by atoms with Crippen molar-refractivity contribution >= 4 is 11.8 Å². The Kier molecular flexibility index (Phi) is 20.8. The number of cyclic esters (lactones) is 1. The van der Waals surface area contributed by atoms with Crippen LogP contribution < -0.4 is 0 Å². The quantitative estimate of drug-likeness (QED) is 0.144. The molecule has 6 N–H and O–H groups in total. The van der Waals surface area contributed by atoms with Crippen LogP contribution in [-0.2, 0) is 52.2 Å². The van der Waals surface area contributed by atoms with Crippen molar-refractivity contribution in [2.75, 3.05) is 41.5 Å². The Labute approximate surface area is 379 Å². The maximum atomic E-state index is 13.8. The summed E-state index contributed by atoms with van der Waals surface area (Å²) in [4.78, 5) is 29.3. The third kappa shape index (κ3) is 13.6. The summed E-state index contributed by atoms with van der Waals surface area (Å²) < 4.78 is 54.8. The predicted octanol–water partition coefficient (Wildman–Crippen LogP) is 1.63. The number of allylic oxidation sites excluding steroid dienone is 3. The molecule has 0 spiro atoms. The number of ketones is 1. The number of ether oxygens (including phenoxy) is 9. The zero-order chi connectivity index (χ0) is 47.8. The zero-order valence-electron chi connectivity index (χ0n) is 39.9. The number of methoxy groups -OCH3 is 2. The highest BCUT2D eigenvalue weighted by atomic mass is 16.7. The first-order chi connectivity index (χ1) is 30.1. The molecule has 4 aliphatic heterocycles. The van der Waals surface area contributed by atoms with Crippen LogP contribution in [0, 0.1) is 23.7 Å². The van der Waals surface area contributed by atoms with Gasteiger partial charge in [0, 0.05) is 45.0 Å². The van der Waals surface area contributed by atoms with Crippen molar-refractivity contribution in [1.29, 1.82) is 0 Å². The molecule has 0 saturated carbocycles. The second-order valence-electron chi connectivity index (χ2n) is 18.9. The summed E-state index contributed by atoms with van der Waals surface area (Å²) in [6.07, 6.45) is -8.52. The van der Waals surface area contributed by atoms with Crippen LogP contribution in [0.1, 0.15) is 87.5 Å². The molecule has 0 aromatic carbocycles. The number of carbonyl (C=O) groups is 2. The number of nitrogens with zero attached hydrogens (tertiary/aromatic N) is 1. The monoisotopic (exact) mass is 918 g/mol. The first-order valence-electron chi connectivity index (χ1n) is 22.8. The van der Waals surface area contributed by atoms with Gasteiger partial charge in [-0.3, -0.25) is 9.59 Å². The number of hydrogen-bond acceptors (Lipinski definition) is 18. The number of carbonyl (C=O) groups excluding carboxylic acids is 2. The molecule has 4 rings (SSSR count). The fraction of sp³-hybridized carbons (Fsp3) is 0.870. The topological polar surface area (TPSA) is 242 Å². The fourth-order valence-corrected chi connectivity index (χ4v) is 9.60. The lowest BCUT2D eigenvalue weighted by atomic mass is 9.79. The summed E-state index contributed by atoms with van der Waals surface area (Å²) >= 11 is 0. The van der Waals surface area contributed by atoms with E-state index in [1.165, 1.54) is 27.2 Å². The van der Waals surface area contributed by atoms with E-state index in [-0.39, 0.29) is 38.3 Å². The summed E-state index contributed by atoms with van der Waals surface area (Å²) in [5.74, 6) is -3.31. The number of likely N-dealkylation sites (N-methyl/N-ethyl adjacent to an activating group) is 1. The van der Waals surface area contributed by atoms with E-state index in [1.807, 2.05) is 19.9 Å². The Morgan fingerprint density at radius 3 is 2.09 bits per heavy atom. The number of aliphatic hydroxyl groups is 6. The van der Waals surface area contributed by atoms with Gasteiger partial charge in [0.1, 0.15) is 42.7 Å². The highest BCUT2D eigenvalue weighted by molar-refractivity contribution is 5.91. The van der Waals surface area contributed by atoms with Gasteiger partial charge >= 0.3 is 5.97 Å². The van der Waals surface area contributed by atoms with Crippen molar-refractivity contribution in [1.82, 2.24) is 4.90 Å². The highest BCUT2D eigenvalue weighted by Gasteiger charge is 2.52. The Balaban J connectivity index is 1.62. The molecule has 4 heterocycles. The minimum absolute atomic E-state index is 0.00151. The molecule has 0 aromatic rings. The molecule has 18 heteroatoms. The Bertz CT molecular complexity index is 1530. The highest BCUT2D eigenvalue weighted by Crippen LogP contribution is 2.38. The van der Waals surface area contributed by atoms with Crippen LogP contribution in [-0.4, -0.2) is 193 Å². The van der Waals surface area contributed by atoms with Gasteiger partial charge in [-0.15, -0.1) is 0 Å². The Morgan fingerprint density at radius 2 is 1.50 bits per heavy atom. The molecule has 0 radical (unpaired) electrons. The molecule has 0 bridgehead atoms. The van der Waals surface area contributed by atoms with Crippen LogP contribution in [0.5, 0.6) is 0 Å². The molecule has 370 valence electrons. The van der Waals surface area contributed by atoms with Crippen LogP contribution in [0.15, 0.2) is 23.8 Å². The molecule has 0 amide bonds. The minimum atomic E-state index is -1.48.